The van der Waals surface area contributed by atoms with Gasteiger partial charge in [0.2, 0.25) is 0 Å². The highest BCUT2D eigenvalue weighted by atomic mass is 16.1. The van der Waals surface area contributed by atoms with Gasteiger partial charge < -0.3 is 15.5 Å². The van der Waals surface area contributed by atoms with Crippen molar-refractivity contribution >= 4 is 28.3 Å². The van der Waals surface area contributed by atoms with Crippen LogP contribution in [-0.4, -0.2) is 52.9 Å². The molecule has 0 unspecified atom stereocenters. The first-order chi connectivity index (χ1) is 12.5. The van der Waals surface area contributed by atoms with Crippen LogP contribution in [0.1, 0.15) is 16.3 Å². The van der Waals surface area contributed by atoms with Crippen molar-refractivity contribution in [3.8, 4) is 0 Å². The van der Waals surface area contributed by atoms with Crippen LogP contribution in [0.15, 0.2) is 42.6 Å². The molecule has 7 nitrogen and oxygen atoms in total. The molecule has 3 rings (SSSR count). The predicted molar refractivity (Wildman–Crippen MR) is 103 cm³/mol. The number of para-hydroxylation sites is 1. The Hall–Kier alpha value is -3.06. The Morgan fingerprint density at radius 1 is 1.15 bits per heavy atom. The second kappa shape index (κ2) is 7.88. The quantitative estimate of drug-likeness (QED) is 0.710. The van der Waals surface area contributed by atoms with Gasteiger partial charge in [-0.3, -0.25) is 9.78 Å². The number of hydrogen-bond donors (Lipinski definition) is 2. The van der Waals surface area contributed by atoms with Crippen molar-refractivity contribution in [3.63, 3.8) is 0 Å². The number of pyridine rings is 1. The highest BCUT2D eigenvalue weighted by Crippen LogP contribution is 2.23. The van der Waals surface area contributed by atoms with Crippen molar-refractivity contribution in [2.75, 3.05) is 32.5 Å². The van der Waals surface area contributed by atoms with Gasteiger partial charge in [0.25, 0.3) is 5.91 Å². The number of aromatic nitrogens is 3. The lowest BCUT2D eigenvalue weighted by atomic mass is 10.2. The van der Waals surface area contributed by atoms with E-state index < -0.39 is 0 Å². The first-order valence-electron chi connectivity index (χ1n) is 8.42. The molecule has 0 spiro atoms. The van der Waals surface area contributed by atoms with Gasteiger partial charge in [0.15, 0.2) is 0 Å². The molecule has 134 valence electrons. The maximum absolute atomic E-state index is 12.3. The van der Waals surface area contributed by atoms with Gasteiger partial charge in [0.05, 0.1) is 11.2 Å². The minimum Gasteiger partial charge on any atom is -0.349 e. The molecule has 2 heterocycles. The van der Waals surface area contributed by atoms with E-state index in [4.69, 9.17) is 0 Å². The maximum atomic E-state index is 12.3. The summed E-state index contributed by atoms with van der Waals surface area (Å²) in [5, 5.41) is 7.16. The lowest BCUT2D eigenvalue weighted by molar-refractivity contribution is 0.0945. The first-order valence-corrected chi connectivity index (χ1v) is 8.42. The van der Waals surface area contributed by atoms with E-state index in [1.807, 2.05) is 49.3 Å². The molecule has 0 bridgehead atoms. The smallest absolute Gasteiger partial charge is 0.270 e. The summed E-state index contributed by atoms with van der Waals surface area (Å²) >= 11 is 0. The van der Waals surface area contributed by atoms with Crippen LogP contribution in [0.5, 0.6) is 0 Å². The van der Waals surface area contributed by atoms with E-state index in [9.17, 15) is 4.79 Å². The fraction of sp³-hybridized carbons (Fsp3) is 0.263. The van der Waals surface area contributed by atoms with Crippen LogP contribution in [0.25, 0.3) is 10.9 Å². The van der Waals surface area contributed by atoms with Crippen molar-refractivity contribution in [2.45, 2.75) is 6.92 Å². The molecule has 0 atom stereocenters. The van der Waals surface area contributed by atoms with E-state index in [1.165, 1.54) is 0 Å². The summed E-state index contributed by atoms with van der Waals surface area (Å²) in [7, 11) is 3.92. The van der Waals surface area contributed by atoms with Crippen LogP contribution in [0.2, 0.25) is 0 Å². The summed E-state index contributed by atoms with van der Waals surface area (Å²) in [6.45, 7) is 3.09. The highest BCUT2D eigenvalue weighted by Gasteiger charge is 2.11. The standard InChI is InChI=1S/C19H22N6O/c1-13-22-16(19(26)21-10-11-25(2)3)12-17(23-13)24-15-8-4-6-14-7-5-9-20-18(14)15/h4-9,12H,10-11H2,1-3H3,(H,21,26)(H,22,23,24). The van der Waals surface area contributed by atoms with Crippen molar-refractivity contribution in [1.82, 2.24) is 25.2 Å². The zero-order chi connectivity index (χ0) is 18.5. The van der Waals surface area contributed by atoms with Crippen LogP contribution < -0.4 is 10.6 Å². The number of amides is 1. The summed E-state index contributed by atoms with van der Waals surface area (Å²) < 4.78 is 0. The lowest BCUT2D eigenvalue weighted by Gasteiger charge is -2.12. The van der Waals surface area contributed by atoms with E-state index >= 15 is 0 Å². The zero-order valence-electron chi connectivity index (χ0n) is 15.2. The molecule has 0 aliphatic rings. The molecular weight excluding hydrogens is 328 g/mol. The monoisotopic (exact) mass is 350 g/mol. The third-order valence-corrected chi connectivity index (χ3v) is 3.81. The molecule has 2 aromatic heterocycles. The SMILES string of the molecule is Cc1nc(Nc2cccc3cccnc23)cc(C(=O)NCCN(C)C)n1. The van der Waals surface area contributed by atoms with E-state index in [0.29, 0.717) is 23.9 Å². The molecule has 0 radical (unpaired) electrons. The van der Waals surface area contributed by atoms with Gasteiger partial charge >= 0.3 is 0 Å². The van der Waals surface area contributed by atoms with Crippen molar-refractivity contribution in [2.24, 2.45) is 0 Å². The van der Waals surface area contributed by atoms with Gasteiger partial charge in [-0.25, -0.2) is 9.97 Å². The van der Waals surface area contributed by atoms with Crippen molar-refractivity contribution in [1.29, 1.82) is 0 Å². The summed E-state index contributed by atoms with van der Waals surface area (Å²) in [6.07, 6.45) is 1.75. The second-order valence-corrected chi connectivity index (χ2v) is 6.25. The van der Waals surface area contributed by atoms with Gasteiger partial charge in [-0.15, -0.1) is 0 Å². The minimum atomic E-state index is -0.212. The largest absolute Gasteiger partial charge is 0.349 e. The van der Waals surface area contributed by atoms with Gasteiger partial charge in [-0.05, 0) is 33.2 Å². The number of aryl methyl sites for hydroxylation is 1. The lowest BCUT2D eigenvalue weighted by Crippen LogP contribution is -2.32. The number of fused-ring (bicyclic) bond motifs is 1. The number of carbonyl (C=O) groups excluding carboxylic acids is 1. The molecule has 3 aromatic rings. The topological polar surface area (TPSA) is 83.0 Å². The number of carbonyl (C=O) groups is 1. The number of rotatable bonds is 6. The number of nitrogens with one attached hydrogen (secondary N) is 2. The molecular formula is C19H22N6O. The highest BCUT2D eigenvalue weighted by molar-refractivity contribution is 5.94. The Balaban J connectivity index is 1.82. The number of likely N-dealkylation sites (N-methyl/N-ethyl adjacent to an activating group) is 1. The third kappa shape index (κ3) is 4.31. The van der Waals surface area contributed by atoms with Crippen molar-refractivity contribution in [3.05, 3.63) is 54.1 Å². The average Bonchev–Trinajstić information content (AvgIpc) is 2.61. The second-order valence-electron chi connectivity index (χ2n) is 6.25. The molecule has 0 saturated carbocycles. The van der Waals surface area contributed by atoms with E-state index in [0.717, 1.165) is 23.1 Å². The molecule has 2 N–H and O–H groups in total. The zero-order valence-corrected chi connectivity index (χ0v) is 15.2. The molecule has 1 aromatic carbocycles. The summed E-state index contributed by atoms with van der Waals surface area (Å²) in [5.41, 5.74) is 2.02. The molecule has 0 fully saturated rings. The Labute approximate surface area is 152 Å². The number of hydrogen-bond acceptors (Lipinski definition) is 6. The molecule has 0 saturated heterocycles. The van der Waals surface area contributed by atoms with Crippen LogP contribution in [-0.2, 0) is 0 Å². The summed E-state index contributed by atoms with van der Waals surface area (Å²) in [5.74, 6) is 0.880. The molecule has 0 aliphatic heterocycles. The van der Waals surface area contributed by atoms with Crippen molar-refractivity contribution < 1.29 is 4.79 Å². The molecule has 7 heteroatoms. The Morgan fingerprint density at radius 2 is 1.96 bits per heavy atom. The van der Waals surface area contributed by atoms with Gasteiger partial charge in [-0.1, -0.05) is 18.2 Å². The van der Waals surface area contributed by atoms with E-state index in [1.54, 1.807) is 19.2 Å². The molecule has 26 heavy (non-hydrogen) atoms. The Kier molecular flexibility index (Phi) is 5.38. The number of nitrogens with zero attached hydrogens (tertiary/aromatic N) is 4. The van der Waals surface area contributed by atoms with Gasteiger partial charge in [0, 0.05) is 30.7 Å². The molecule has 0 aliphatic carbocycles. The van der Waals surface area contributed by atoms with E-state index in [2.05, 4.69) is 25.6 Å². The minimum absolute atomic E-state index is 0.212. The van der Waals surface area contributed by atoms with Crippen LogP contribution in [0.3, 0.4) is 0 Å². The Bertz CT molecular complexity index is 920. The van der Waals surface area contributed by atoms with E-state index in [-0.39, 0.29) is 5.91 Å². The predicted octanol–water partition coefficient (Wildman–Crippen LogP) is 2.37. The maximum Gasteiger partial charge on any atom is 0.270 e. The first kappa shape index (κ1) is 17.8. The summed E-state index contributed by atoms with van der Waals surface area (Å²) in [6, 6.07) is 11.4. The fourth-order valence-electron chi connectivity index (χ4n) is 2.57. The Morgan fingerprint density at radius 3 is 2.77 bits per heavy atom. The fourth-order valence-corrected chi connectivity index (χ4v) is 2.57. The average molecular weight is 350 g/mol. The van der Waals surface area contributed by atoms with Gasteiger partial charge in [-0.2, -0.15) is 0 Å². The molecule has 1 amide bonds. The van der Waals surface area contributed by atoms with Crippen LogP contribution in [0.4, 0.5) is 11.5 Å². The van der Waals surface area contributed by atoms with Crippen LogP contribution >= 0.6 is 0 Å². The summed E-state index contributed by atoms with van der Waals surface area (Å²) in [4.78, 5) is 27.4. The number of anilines is 2. The van der Waals surface area contributed by atoms with Gasteiger partial charge in [0.1, 0.15) is 17.3 Å². The van der Waals surface area contributed by atoms with Crippen LogP contribution in [0, 0.1) is 6.92 Å². The number of benzene rings is 1. The third-order valence-electron chi connectivity index (χ3n) is 3.81. The normalized spacial score (nSPS) is 10.9.